The number of hydrogen-bond acceptors (Lipinski definition) is 5. The summed E-state index contributed by atoms with van der Waals surface area (Å²) >= 11 is 0.832. The van der Waals surface area contributed by atoms with Gasteiger partial charge in [-0.15, -0.1) is 0 Å². The molecule has 1 saturated heterocycles. The third kappa shape index (κ3) is 4.65. The first-order chi connectivity index (χ1) is 15.9. The lowest BCUT2D eigenvalue weighted by Crippen LogP contribution is -2.51. The number of hydrogen-bond donors (Lipinski definition) is 1. The highest BCUT2D eigenvalue weighted by atomic mass is 32.2. The molecular formula is C24H26F2N2O4S. The minimum Gasteiger partial charge on any atom is -0.435 e. The number of imide groups is 1. The van der Waals surface area contributed by atoms with Gasteiger partial charge in [0, 0.05) is 19.0 Å². The fraction of sp³-hybridized carbons (Fsp3) is 0.542. The number of nitrogens with zero attached hydrogens (tertiary/aromatic N) is 1. The van der Waals surface area contributed by atoms with E-state index >= 15 is 0 Å². The average Bonchev–Trinajstić information content (AvgIpc) is 3.01. The second-order valence-corrected chi connectivity index (χ2v) is 10.5. The van der Waals surface area contributed by atoms with Crippen molar-refractivity contribution in [3.63, 3.8) is 0 Å². The zero-order valence-electron chi connectivity index (χ0n) is 18.0. The van der Waals surface area contributed by atoms with Gasteiger partial charge in [-0.05, 0) is 91.3 Å². The summed E-state index contributed by atoms with van der Waals surface area (Å²) in [6, 6.07) is 5.83. The number of ether oxygens (including phenoxy) is 1. The first-order valence-corrected chi connectivity index (χ1v) is 12.3. The predicted molar refractivity (Wildman–Crippen MR) is 119 cm³/mol. The molecule has 1 N–H and O–H groups in total. The van der Waals surface area contributed by atoms with Gasteiger partial charge in [0.25, 0.3) is 11.1 Å². The van der Waals surface area contributed by atoms with Crippen LogP contribution >= 0.6 is 11.8 Å². The Morgan fingerprint density at radius 1 is 1.09 bits per heavy atom. The van der Waals surface area contributed by atoms with Crippen molar-refractivity contribution in [2.45, 2.75) is 38.7 Å². The molecule has 1 aromatic carbocycles. The van der Waals surface area contributed by atoms with E-state index in [9.17, 15) is 23.2 Å². The van der Waals surface area contributed by atoms with E-state index in [0.29, 0.717) is 17.4 Å². The molecule has 6 nitrogen and oxygen atoms in total. The fourth-order valence-corrected chi connectivity index (χ4v) is 7.22. The molecule has 1 heterocycles. The van der Waals surface area contributed by atoms with E-state index < -0.39 is 12.5 Å². The van der Waals surface area contributed by atoms with Gasteiger partial charge in [0.15, 0.2) is 0 Å². The SMILES string of the molecule is O=C(NCCN1C(=O)S/C(=C/c2ccc(OC(F)F)cc2)C1=O)C1C2CC3CC(C2)CC1C3. The van der Waals surface area contributed by atoms with Crippen molar-refractivity contribution in [1.29, 1.82) is 0 Å². The van der Waals surface area contributed by atoms with Crippen LogP contribution in [0.3, 0.4) is 0 Å². The van der Waals surface area contributed by atoms with Crippen molar-refractivity contribution in [3.8, 4) is 5.75 Å². The summed E-state index contributed by atoms with van der Waals surface area (Å²) in [6.45, 7) is -2.54. The van der Waals surface area contributed by atoms with Crippen LogP contribution in [0, 0.1) is 29.6 Å². The van der Waals surface area contributed by atoms with Crippen LogP contribution < -0.4 is 10.1 Å². The van der Waals surface area contributed by atoms with Crippen LogP contribution in [0.2, 0.25) is 0 Å². The smallest absolute Gasteiger partial charge is 0.387 e. The largest absolute Gasteiger partial charge is 0.435 e. The molecule has 6 rings (SSSR count). The molecule has 1 aromatic rings. The molecule has 1 aliphatic heterocycles. The first-order valence-electron chi connectivity index (χ1n) is 11.5. The second kappa shape index (κ2) is 9.08. The highest BCUT2D eigenvalue weighted by molar-refractivity contribution is 8.18. The van der Waals surface area contributed by atoms with Gasteiger partial charge >= 0.3 is 6.61 Å². The van der Waals surface area contributed by atoms with Crippen LogP contribution in [0.5, 0.6) is 5.75 Å². The summed E-state index contributed by atoms with van der Waals surface area (Å²) in [5.74, 6) is 2.31. The summed E-state index contributed by atoms with van der Waals surface area (Å²) in [6.07, 6.45) is 7.52. The van der Waals surface area contributed by atoms with E-state index in [0.717, 1.165) is 54.2 Å². The Morgan fingerprint density at radius 2 is 1.73 bits per heavy atom. The highest BCUT2D eigenvalue weighted by Gasteiger charge is 2.50. The zero-order chi connectivity index (χ0) is 23.1. The third-order valence-electron chi connectivity index (χ3n) is 7.44. The lowest BCUT2D eigenvalue weighted by molar-refractivity contribution is -0.138. The Labute approximate surface area is 195 Å². The fourth-order valence-electron chi connectivity index (χ4n) is 6.35. The van der Waals surface area contributed by atoms with Crippen LogP contribution in [0.15, 0.2) is 29.2 Å². The maximum Gasteiger partial charge on any atom is 0.387 e. The lowest BCUT2D eigenvalue weighted by atomic mass is 9.51. The zero-order valence-corrected chi connectivity index (χ0v) is 18.9. The highest BCUT2D eigenvalue weighted by Crippen LogP contribution is 2.56. The molecular weight excluding hydrogens is 450 g/mol. The van der Waals surface area contributed by atoms with Crippen molar-refractivity contribution in [1.82, 2.24) is 10.2 Å². The van der Waals surface area contributed by atoms with Crippen LogP contribution in [0.25, 0.3) is 6.08 Å². The van der Waals surface area contributed by atoms with Crippen molar-refractivity contribution < 1.29 is 27.9 Å². The molecule has 0 aromatic heterocycles. The number of rotatable bonds is 7. The summed E-state index contributed by atoms with van der Waals surface area (Å²) < 4.78 is 28.8. The number of benzene rings is 1. The van der Waals surface area contributed by atoms with Gasteiger partial charge in [-0.1, -0.05) is 12.1 Å². The number of amides is 3. The third-order valence-corrected chi connectivity index (χ3v) is 8.35. The van der Waals surface area contributed by atoms with Gasteiger partial charge in [0.05, 0.1) is 4.91 Å². The lowest BCUT2D eigenvalue weighted by Gasteiger charge is -2.53. The van der Waals surface area contributed by atoms with Gasteiger partial charge in [-0.3, -0.25) is 19.3 Å². The first kappa shape index (κ1) is 22.4. The Hall–Kier alpha value is -2.42. The van der Waals surface area contributed by atoms with Crippen molar-refractivity contribution >= 4 is 34.9 Å². The molecule has 4 aliphatic carbocycles. The molecule has 3 amide bonds. The summed E-state index contributed by atoms with van der Waals surface area (Å²) in [4.78, 5) is 39.3. The molecule has 0 spiro atoms. The number of carbonyl (C=O) groups is 3. The predicted octanol–water partition coefficient (Wildman–Crippen LogP) is 4.51. The molecule has 0 radical (unpaired) electrons. The van der Waals surface area contributed by atoms with Crippen molar-refractivity contribution in [3.05, 3.63) is 34.7 Å². The van der Waals surface area contributed by atoms with E-state index in [2.05, 4.69) is 10.1 Å². The monoisotopic (exact) mass is 476 g/mol. The second-order valence-electron chi connectivity index (χ2n) is 9.53. The molecule has 9 heteroatoms. The molecule has 0 atom stereocenters. The molecule has 4 saturated carbocycles. The topological polar surface area (TPSA) is 75.7 Å². The minimum atomic E-state index is -2.91. The molecule has 33 heavy (non-hydrogen) atoms. The maximum absolute atomic E-state index is 12.9. The van der Waals surface area contributed by atoms with Gasteiger partial charge in [-0.2, -0.15) is 8.78 Å². The summed E-state index contributed by atoms with van der Waals surface area (Å²) in [5.41, 5.74) is 0.595. The number of alkyl halides is 2. The minimum absolute atomic E-state index is 0.0186. The van der Waals surface area contributed by atoms with Gasteiger partial charge in [0.2, 0.25) is 5.91 Å². The quantitative estimate of drug-likeness (QED) is 0.586. The van der Waals surface area contributed by atoms with E-state index in [4.69, 9.17) is 0 Å². The number of nitrogens with one attached hydrogen (secondary N) is 1. The van der Waals surface area contributed by atoms with E-state index in [1.54, 1.807) is 6.08 Å². The summed E-state index contributed by atoms with van der Waals surface area (Å²) in [7, 11) is 0. The van der Waals surface area contributed by atoms with Gasteiger partial charge < -0.3 is 10.1 Å². The number of halogens is 2. The molecule has 0 unspecified atom stereocenters. The van der Waals surface area contributed by atoms with Crippen LogP contribution in [0.4, 0.5) is 13.6 Å². The van der Waals surface area contributed by atoms with E-state index in [-0.39, 0.29) is 40.8 Å². The van der Waals surface area contributed by atoms with Gasteiger partial charge in [-0.25, -0.2) is 0 Å². The van der Waals surface area contributed by atoms with Crippen molar-refractivity contribution in [2.75, 3.05) is 13.1 Å². The van der Waals surface area contributed by atoms with Crippen molar-refractivity contribution in [2.24, 2.45) is 29.6 Å². The van der Waals surface area contributed by atoms with Gasteiger partial charge in [0.1, 0.15) is 5.75 Å². The van der Waals surface area contributed by atoms with E-state index in [1.165, 1.54) is 30.7 Å². The Bertz CT molecular complexity index is 953. The van der Waals surface area contributed by atoms with Crippen LogP contribution in [-0.2, 0) is 9.59 Å². The van der Waals surface area contributed by atoms with E-state index in [1.807, 2.05) is 0 Å². The Balaban J connectivity index is 1.15. The summed E-state index contributed by atoms with van der Waals surface area (Å²) in [5, 5.41) is 2.59. The molecule has 4 bridgehead atoms. The molecule has 5 aliphatic rings. The average molecular weight is 477 g/mol. The number of thioether (sulfide) groups is 1. The maximum atomic E-state index is 12.9. The standard InChI is InChI=1S/C24H26F2N2O4S/c25-23(26)32-18-3-1-13(2-4-18)12-19-22(30)28(24(31)33-19)6-5-27-21(29)20-16-8-14-7-15(10-16)11-17(20)9-14/h1-4,12,14-17,20,23H,5-11H2,(H,27,29)/b19-12+. The normalized spacial score (nSPS) is 31.7. The number of carbonyl (C=O) groups excluding carboxylic acids is 3. The van der Waals surface area contributed by atoms with Crippen LogP contribution in [-0.4, -0.2) is 41.7 Å². The molecule has 5 fully saturated rings. The molecule has 176 valence electrons. The Morgan fingerprint density at radius 3 is 2.33 bits per heavy atom. The Kier molecular flexibility index (Phi) is 6.16. The van der Waals surface area contributed by atoms with Crippen LogP contribution in [0.1, 0.15) is 37.7 Å².